The highest BCUT2D eigenvalue weighted by atomic mass is 28.3. The van der Waals surface area contributed by atoms with Crippen LogP contribution in [-0.4, -0.2) is 20.4 Å². The Kier molecular flexibility index (Phi) is 6.35. The average molecular weight is 273 g/mol. The second kappa shape index (κ2) is 7.06. The minimum absolute atomic E-state index is 0.125. The summed E-state index contributed by atoms with van der Waals surface area (Å²) < 4.78 is 5.77. The molecule has 0 heterocycles. The highest BCUT2D eigenvalue weighted by molar-refractivity contribution is 6.48. The van der Waals surface area contributed by atoms with E-state index in [9.17, 15) is 5.11 Å². The lowest BCUT2D eigenvalue weighted by Crippen LogP contribution is -2.38. The maximum Gasteiger partial charge on any atom is 0.174 e. The Morgan fingerprint density at radius 1 is 1.17 bits per heavy atom. The molecule has 1 saturated carbocycles. The first-order valence-corrected chi connectivity index (χ1v) is 10.4. The van der Waals surface area contributed by atoms with Gasteiger partial charge in [0.25, 0.3) is 0 Å². The van der Waals surface area contributed by atoms with E-state index < -0.39 is 15.3 Å². The molecule has 1 rings (SSSR count). The zero-order valence-electron chi connectivity index (χ0n) is 12.9. The first kappa shape index (κ1) is 16.2. The summed E-state index contributed by atoms with van der Waals surface area (Å²) in [5, 5.41) is 10.4. The molecule has 2 nitrogen and oxygen atoms in total. The molecular formula is C15H32O2Si. The molecule has 0 aromatic heterocycles. The molecule has 1 aliphatic rings. The van der Waals surface area contributed by atoms with Gasteiger partial charge < -0.3 is 9.53 Å². The van der Waals surface area contributed by atoms with Crippen molar-refractivity contribution in [1.82, 2.24) is 0 Å². The Morgan fingerprint density at radius 2 is 1.72 bits per heavy atom. The molecule has 0 saturated heterocycles. The fraction of sp³-hybridized carbons (Fsp3) is 1.00. The minimum atomic E-state index is -1.16. The van der Waals surface area contributed by atoms with Crippen LogP contribution in [0.1, 0.15) is 59.3 Å². The van der Waals surface area contributed by atoms with Crippen molar-refractivity contribution < 1.29 is 9.53 Å². The molecule has 1 fully saturated rings. The van der Waals surface area contributed by atoms with E-state index in [2.05, 4.69) is 33.9 Å². The minimum Gasteiger partial charge on any atom is -0.396 e. The van der Waals surface area contributed by atoms with Crippen LogP contribution >= 0.6 is 0 Å². The second-order valence-corrected chi connectivity index (χ2v) is 9.66. The summed E-state index contributed by atoms with van der Waals surface area (Å²) in [6.07, 6.45) is 7.41. The second-order valence-electron chi connectivity index (χ2n) is 7.29. The van der Waals surface area contributed by atoms with Gasteiger partial charge in [0, 0.05) is 5.92 Å². The van der Waals surface area contributed by atoms with Crippen LogP contribution in [-0.2, 0) is 4.43 Å². The lowest BCUT2D eigenvalue weighted by atomic mass is 9.72. The molecule has 0 bridgehead atoms. The normalized spacial score (nSPS) is 22.2. The van der Waals surface area contributed by atoms with Gasteiger partial charge in [-0.15, -0.1) is 0 Å². The van der Waals surface area contributed by atoms with Crippen LogP contribution in [0.3, 0.4) is 0 Å². The van der Waals surface area contributed by atoms with E-state index >= 15 is 0 Å². The summed E-state index contributed by atoms with van der Waals surface area (Å²) in [6.45, 7) is 11.0. The number of hydrogen-bond acceptors (Lipinski definition) is 2. The predicted molar refractivity (Wildman–Crippen MR) is 80.1 cm³/mol. The quantitative estimate of drug-likeness (QED) is 0.607. The van der Waals surface area contributed by atoms with Crippen molar-refractivity contribution in [2.24, 2.45) is 17.3 Å². The fourth-order valence-corrected chi connectivity index (χ4v) is 3.80. The van der Waals surface area contributed by atoms with Crippen LogP contribution in [0.4, 0.5) is 0 Å². The molecule has 0 spiro atoms. The summed E-state index contributed by atoms with van der Waals surface area (Å²) in [7, 11) is -1.16. The lowest BCUT2D eigenvalue weighted by Gasteiger charge is -2.38. The van der Waals surface area contributed by atoms with E-state index in [0.717, 1.165) is 12.3 Å². The van der Waals surface area contributed by atoms with Gasteiger partial charge in [-0.2, -0.15) is 0 Å². The molecule has 3 heteroatoms. The van der Waals surface area contributed by atoms with Crippen LogP contribution in [0.5, 0.6) is 0 Å². The maximum atomic E-state index is 10.4. The monoisotopic (exact) mass is 272 g/mol. The molecule has 1 N–H and O–H groups in total. The summed E-state index contributed by atoms with van der Waals surface area (Å²) in [4.78, 5) is 0. The van der Waals surface area contributed by atoms with Crippen molar-refractivity contribution >= 4 is 9.04 Å². The van der Waals surface area contributed by atoms with Crippen LogP contribution in [0.2, 0.25) is 13.1 Å². The Hall–Kier alpha value is 0.137. The zero-order valence-corrected chi connectivity index (χ0v) is 14.1. The number of aliphatic hydroxyl groups excluding tert-OH is 1. The van der Waals surface area contributed by atoms with E-state index in [1.807, 2.05) is 0 Å². The van der Waals surface area contributed by atoms with E-state index in [0.29, 0.717) is 0 Å². The van der Waals surface area contributed by atoms with Gasteiger partial charge in [0.05, 0.1) is 0 Å². The molecule has 0 aromatic carbocycles. The van der Waals surface area contributed by atoms with Gasteiger partial charge in [-0.05, 0) is 30.8 Å². The zero-order chi connectivity index (χ0) is 13.8. The third kappa shape index (κ3) is 5.41. The molecule has 0 aliphatic heterocycles. The molecule has 1 aliphatic carbocycles. The predicted octanol–water partition coefficient (Wildman–Crippen LogP) is 3.94. The van der Waals surface area contributed by atoms with E-state index in [4.69, 9.17) is 4.43 Å². The molecule has 2 atom stereocenters. The van der Waals surface area contributed by atoms with Gasteiger partial charge in [0.2, 0.25) is 0 Å². The molecule has 108 valence electrons. The third-order valence-electron chi connectivity index (χ3n) is 4.18. The van der Waals surface area contributed by atoms with E-state index in [1.54, 1.807) is 0 Å². The Bertz CT molecular complexity index is 229. The van der Waals surface area contributed by atoms with Crippen molar-refractivity contribution in [1.29, 1.82) is 0 Å². The van der Waals surface area contributed by atoms with Gasteiger partial charge >= 0.3 is 0 Å². The first-order chi connectivity index (χ1) is 8.30. The van der Waals surface area contributed by atoms with E-state index in [-0.39, 0.29) is 11.3 Å². The standard InChI is InChI=1S/C15H32O2Si/c1-15(2,3)13(14(16)17-18(4)5)11-12-9-7-6-8-10-12/h12-14,16,18H,6-11H2,1-5H3/t13?,14-/m0/s1. The van der Waals surface area contributed by atoms with Crippen molar-refractivity contribution in [3.8, 4) is 0 Å². The van der Waals surface area contributed by atoms with Crippen LogP contribution in [0.25, 0.3) is 0 Å². The van der Waals surface area contributed by atoms with Crippen molar-refractivity contribution in [3.63, 3.8) is 0 Å². The molecule has 18 heavy (non-hydrogen) atoms. The largest absolute Gasteiger partial charge is 0.396 e. The lowest BCUT2D eigenvalue weighted by molar-refractivity contribution is -0.105. The Labute approximate surface area is 115 Å². The Morgan fingerprint density at radius 3 is 2.17 bits per heavy atom. The average Bonchev–Trinajstić information content (AvgIpc) is 2.24. The molecule has 0 amide bonds. The van der Waals surface area contributed by atoms with Gasteiger partial charge in [-0.25, -0.2) is 0 Å². The first-order valence-electron chi connectivity index (χ1n) is 7.64. The fourth-order valence-electron chi connectivity index (χ4n) is 3.05. The van der Waals surface area contributed by atoms with Crippen LogP contribution < -0.4 is 0 Å². The highest BCUT2D eigenvalue weighted by Crippen LogP contribution is 2.38. The van der Waals surface area contributed by atoms with Gasteiger partial charge in [0.1, 0.15) is 6.29 Å². The summed E-state index contributed by atoms with van der Waals surface area (Å²) in [6, 6.07) is 0. The summed E-state index contributed by atoms with van der Waals surface area (Å²) in [5.74, 6) is 1.07. The SMILES string of the molecule is C[SiH](C)O[C@H](O)C(CC1CCCCC1)C(C)(C)C. The topological polar surface area (TPSA) is 29.5 Å². The van der Waals surface area contributed by atoms with E-state index in [1.165, 1.54) is 32.1 Å². The van der Waals surface area contributed by atoms with Crippen molar-refractivity contribution in [3.05, 3.63) is 0 Å². The summed E-state index contributed by atoms with van der Waals surface area (Å²) in [5.41, 5.74) is 0.125. The number of aliphatic hydroxyl groups is 1. The number of hydrogen-bond donors (Lipinski definition) is 1. The van der Waals surface area contributed by atoms with Crippen molar-refractivity contribution in [2.75, 3.05) is 0 Å². The van der Waals surface area contributed by atoms with Gasteiger partial charge in [0.15, 0.2) is 9.04 Å². The van der Waals surface area contributed by atoms with Gasteiger partial charge in [-0.1, -0.05) is 52.9 Å². The van der Waals surface area contributed by atoms with Gasteiger partial charge in [-0.3, -0.25) is 0 Å². The smallest absolute Gasteiger partial charge is 0.174 e. The van der Waals surface area contributed by atoms with Crippen LogP contribution in [0, 0.1) is 17.3 Å². The molecule has 0 radical (unpaired) electrons. The van der Waals surface area contributed by atoms with Crippen molar-refractivity contribution in [2.45, 2.75) is 78.7 Å². The Balaban J connectivity index is 2.60. The number of rotatable bonds is 5. The third-order valence-corrected chi connectivity index (χ3v) is 5.00. The molecular weight excluding hydrogens is 240 g/mol. The molecule has 1 unspecified atom stereocenters. The highest BCUT2D eigenvalue weighted by Gasteiger charge is 2.34. The summed E-state index contributed by atoms with van der Waals surface area (Å²) >= 11 is 0. The maximum absolute atomic E-state index is 10.4. The molecule has 0 aromatic rings. The van der Waals surface area contributed by atoms with Crippen LogP contribution in [0.15, 0.2) is 0 Å².